The zero-order chi connectivity index (χ0) is 19.6. The van der Waals surface area contributed by atoms with Crippen LogP contribution in [0, 0.1) is 0 Å². The number of nitrogens with two attached hydrogens (primary N) is 1. The zero-order valence-electron chi connectivity index (χ0n) is 15.1. The van der Waals surface area contributed by atoms with Gasteiger partial charge in [0, 0.05) is 0 Å². The number of hydrogen-bond donors (Lipinski definition) is 3. The number of ether oxygens (including phenoxy) is 1. The number of carbonyl (C=O) groups excluding carboxylic acids is 3. The van der Waals surface area contributed by atoms with Crippen molar-refractivity contribution in [1.82, 2.24) is 10.6 Å². The summed E-state index contributed by atoms with van der Waals surface area (Å²) in [5.41, 5.74) is 6.91. The lowest BCUT2D eigenvalue weighted by molar-refractivity contribution is -0.127. The maximum Gasteiger partial charge on any atom is 0.408 e. The number of primary amides is 1. The number of benzene rings is 2. The number of nitrogens with one attached hydrogen (secondary N) is 2. The van der Waals surface area contributed by atoms with Crippen LogP contribution in [0.1, 0.15) is 30.5 Å². The van der Waals surface area contributed by atoms with Gasteiger partial charge in [0.25, 0.3) is 0 Å². The van der Waals surface area contributed by atoms with Crippen molar-refractivity contribution in [3.63, 3.8) is 0 Å². The van der Waals surface area contributed by atoms with Crippen LogP contribution in [-0.4, -0.2) is 23.9 Å². The van der Waals surface area contributed by atoms with Gasteiger partial charge in [0.1, 0.15) is 12.6 Å². The lowest BCUT2D eigenvalue weighted by atomic mass is 10.1. The van der Waals surface area contributed by atoms with Crippen molar-refractivity contribution in [2.45, 2.75) is 32.0 Å². The fourth-order valence-corrected chi connectivity index (χ4v) is 2.46. The van der Waals surface area contributed by atoms with Crippen molar-refractivity contribution in [2.75, 3.05) is 0 Å². The first-order valence-corrected chi connectivity index (χ1v) is 8.56. The molecular formula is C20H23N3O4. The Balaban J connectivity index is 1.93. The maximum absolute atomic E-state index is 12.5. The summed E-state index contributed by atoms with van der Waals surface area (Å²) in [6, 6.07) is 17.0. The minimum atomic E-state index is -1.11. The first-order valence-electron chi connectivity index (χ1n) is 8.56. The number of alkyl carbamates (subject to hydrolysis) is 1. The normalized spacial score (nSPS) is 12.5. The Morgan fingerprint density at radius 2 is 1.56 bits per heavy atom. The van der Waals surface area contributed by atoms with Crippen LogP contribution >= 0.6 is 0 Å². The largest absolute Gasteiger partial charge is 0.445 e. The van der Waals surface area contributed by atoms with Crippen LogP contribution in [0.3, 0.4) is 0 Å². The Bertz CT molecular complexity index is 765. The van der Waals surface area contributed by atoms with Crippen molar-refractivity contribution < 1.29 is 19.1 Å². The molecule has 0 saturated heterocycles. The Hall–Kier alpha value is -3.35. The molecule has 2 aromatic carbocycles. The van der Waals surface area contributed by atoms with Gasteiger partial charge in [-0.3, -0.25) is 9.59 Å². The molecule has 0 aliphatic carbocycles. The maximum atomic E-state index is 12.5. The van der Waals surface area contributed by atoms with E-state index in [1.165, 1.54) is 0 Å². The molecule has 0 saturated carbocycles. The quantitative estimate of drug-likeness (QED) is 0.661. The average Bonchev–Trinajstić information content (AvgIpc) is 2.67. The highest BCUT2D eigenvalue weighted by Gasteiger charge is 2.25. The van der Waals surface area contributed by atoms with Gasteiger partial charge in [0.05, 0.1) is 12.5 Å². The molecule has 2 rings (SSSR count). The van der Waals surface area contributed by atoms with E-state index in [2.05, 4.69) is 10.6 Å². The van der Waals surface area contributed by atoms with E-state index in [0.717, 1.165) is 11.1 Å². The summed E-state index contributed by atoms with van der Waals surface area (Å²) in [5, 5.41) is 5.16. The van der Waals surface area contributed by atoms with Crippen LogP contribution < -0.4 is 16.4 Å². The van der Waals surface area contributed by atoms with E-state index in [0.29, 0.717) is 0 Å². The Kier molecular flexibility index (Phi) is 7.37. The minimum absolute atomic E-state index is 0.0536. The molecule has 2 aromatic rings. The first kappa shape index (κ1) is 20.0. The molecule has 0 fully saturated rings. The number of hydrogen-bond acceptors (Lipinski definition) is 4. The van der Waals surface area contributed by atoms with Crippen molar-refractivity contribution in [2.24, 2.45) is 5.73 Å². The predicted molar refractivity (Wildman–Crippen MR) is 100 cm³/mol. The second kappa shape index (κ2) is 9.96. The van der Waals surface area contributed by atoms with E-state index < -0.39 is 23.9 Å². The van der Waals surface area contributed by atoms with Gasteiger partial charge in [0.2, 0.25) is 11.8 Å². The SMILES string of the molecule is C[C@H](NC(=O)[C@H](CC(N)=O)NC(=O)OCc1ccccc1)c1ccccc1. The molecule has 4 N–H and O–H groups in total. The fourth-order valence-electron chi connectivity index (χ4n) is 2.46. The third kappa shape index (κ3) is 6.81. The van der Waals surface area contributed by atoms with Crippen LogP contribution in [-0.2, 0) is 20.9 Å². The monoisotopic (exact) mass is 369 g/mol. The van der Waals surface area contributed by atoms with E-state index in [1.54, 1.807) is 0 Å². The summed E-state index contributed by atoms with van der Waals surface area (Å²) in [6.45, 7) is 1.86. The lowest BCUT2D eigenvalue weighted by Gasteiger charge is -2.20. The van der Waals surface area contributed by atoms with Crippen LogP contribution in [0.15, 0.2) is 60.7 Å². The van der Waals surface area contributed by atoms with Gasteiger partial charge in [-0.25, -0.2) is 4.79 Å². The Morgan fingerprint density at radius 3 is 2.15 bits per heavy atom. The van der Waals surface area contributed by atoms with Crippen LogP contribution in [0.5, 0.6) is 0 Å². The number of carbonyl (C=O) groups is 3. The van der Waals surface area contributed by atoms with Crippen molar-refractivity contribution >= 4 is 17.9 Å². The highest BCUT2D eigenvalue weighted by Crippen LogP contribution is 2.11. The average molecular weight is 369 g/mol. The standard InChI is InChI=1S/C20H23N3O4/c1-14(16-10-6-3-7-11-16)22-19(25)17(12-18(21)24)23-20(26)27-13-15-8-4-2-5-9-15/h2-11,14,17H,12-13H2,1H3,(H2,21,24)(H,22,25)(H,23,26)/t14-,17-/m0/s1. The smallest absolute Gasteiger partial charge is 0.408 e. The van der Waals surface area contributed by atoms with Crippen molar-refractivity contribution in [3.05, 3.63) is 71.8 Å². The number of rotatable bonds is 8. The first-order chi connectivity index (χ1) is 13.0. The molecule has 0 aliphatic heterocycles. The molecule has 27 heavy (non-hydrogen) atoms. The summed E-state index contributed by atoms with van der Waals surface area (Å²) >= 11 is 0. The molecule has 0 aliphatic rings. The van der Waals surface area contributed by atoms with E-state index in [9.17, 15) is 14.4 Å². The molecule has 0 unspecified atom stereocenters. The van der Waals surface area contributed by atoms with E-state index in [-0.39, 0.29) is 19.1 Å². The third-order valence-corrected chi connectivity index (χ3v) is 3.88. The molecule has 0 heterocycles. The highest BCUT2D eigenvalue weighted by molar-refractivity contribution is 5.90. The van der Waals surface area contributed by atoms with Crippen LogP contribution in [0.25, 0.3) is 0 Å². The van der Waals surface area contributed by atoms with E-state index >= 15 is 0 Å². The van der Waals surface area contributed by atoms with Gasteiger partial charge < -0.3 is 21.1 Å². The van der Waals surface area contributed by atoms with Gasteiger partial charge in [0.15, 0.2) is 0 Å². The van der Waals surface area contributed by atoms with Crippen molar-refractivity contribution in [3.8, 4) is 0 Å². The Morgan fingerprint density at radius 1 is 0.963 bits per heavy atom. The second-order valence-electron chi connectivity index (χ2n) is 6.07. The summed E-state index contributed by atoms with van der Waals surface area (Å²) in [6.07, 6.45) is -1.12. The molecule has 7 nitrogen and oxygen atoms in total. The van der Waals surface area contributed by atoms with E-state index in [4.69, 9.17) is 10.5 Å². The Labute approximate surface area is 157 Å². The number of amides is 3. The summed E-state index contributed by atoms with van der Waals surface area (Å²) < 4.78 is 5.10. The molecule has 0 bridgehead atoms. The fraction of sp³-hybridized carbons (Fsp3) is 0.250. The summed E-state index contributed by atoms with van der Waals surface area (Å²) in [7, 11) is 0. The van der Waals surface area contributed by atoms with Gasteiger partial charge >= 0.3 is 6.09 Å². The highest BCUT2D eigenvalue weighted by atomic mass is 16.5. The van der Waals surface area contributed by atoms with Crippen molar-refractivity contribution in [1.29, 1.82) is 0 Å². The van der Waals surface area contributed by atoms with E-state index in [1.807, 2.05) is 67.6 Å². The predicted octanol–water partition coefficient (Wildman–Crippen LogP) is 2.03. The molecule has 142 valence electrons. The van der Waals surface area contributed by atoms with Gasteiger partial charge in [-0.2, -0.15) is 0 Å². The molecule has 7 heteroatoms. The zero-order valence-corrected chi connectivity index (χ0v) is 15.1. The summed E-state index contributed by atoms with van der Waals surface area (Å²) in [5.74, 6) is -1.22. The topological polar surface area (TPSA) is 111 Å². The second-order valence-corrected chi connectivity index (χ2v) is 6.07. The molecule has 0 radical (unpaired) electrons. The molecule has 0 aromatic heterocycles. The lowest BCUT2D eigenvalue weighted by Crippen LogP contribution is -2.49. The molecule has 0 spiro atoms. The van der Waals surface area contributed by atoms with Gasteiger partial charge in [-0.1, -0.05) is 60.7 Å². The summed E-state index contributed by atoms with van der Waals surface area (Å²) in [4.78, 5) is 35.8. The van der Waals surface area contributed by atoms with Crippen LogP contribution in [0.4, 0.5) is 4.79 Å². The third-order valence-electron chi connectivity index (χ3n) is 3.88. The van der Waals surface area contributed by atoms with Gasteiger partial charge in [-0.05, 0) is 18.1 Å². The minimum Gasteiger partial charge on any atom is -0.445 e. The molecule has 2 atom stereocenters. The van der Waals surface area contributed by atoms with Crippen LogP contribution in [0.2, 0.25) is 0 Å². The molecule has 3 amide bonds. The molecular weight excluding hydrogens is 346 g/mol. The van der Waals surface area contributed by atoms with Gasteiger partial charge in [-0.15, -0.1) is 0 Å².